The van der Waals surface area contributed by atoms with Gasteiger partial charge in [0.05, 0.1) is 12.8 Å². The summed E-state index contributed by atoms with van der Waals surface area (Å²) in [6.45, 7) is 0. The van der Waals surface area contributed by atoms with Crippen LogP contribution < -0.4 is 9.46 Å². The standard InChI is InChI=1S/C19H22BrFN2O3S/c1-23(2)13-5-6-14-15(11-13)18(26-3)8-7-17(14)22-27(24,25)19-9-4-12(20)10-16(19)21/h4,7-10,13,22H,5-6,11H2,1-3H3/t13-/m0/s1. The fourth-order valence-electron chi connectivity index (χ4n) is 3.45. The minimum absolute atomic E-state index is 0.363. The number of methoxy groups -OCH3 is 1. The third-order valence-electron chi connectivity index (χ3n) is 4.93. The van der Waals surface area contributed by atoms with E-state index in [4.69, 9.17) is 4.74 Å². The maximum atomic E-state index is 14.2. The minimum atomic E-state index is -4.04. The lowest BCUT2D eigenvalue weighted by atomic mass is 9.86. The van der Waals surface area contributed by atoms with Crippen molar-refractivity contribution in [1.29, 1.82) is 0 Å². The molecule has 0 saturated heterocycles. The summed E-state index contributed by atoms with van der Waals surface area (Å²) in [6.07, 6.45) is 2.40. The summed E-state index contributed by atoms with van der Waals surface area (Å²) in [5.74, 6) is -0.0544. The van der Waals surface area contributed by atoms with Gasteiger partial charge in [-0.05, 0) is 69.3 Å². The Labute approximate surface area is 167 Å². The predicted octanol–water partition coefficient (Wildman–Crippen LogP) is 3.82. The summed E-state index contributed by atoms with van der Waals surface area (Å²) in [5.41, 5.74) is 2.39. The molecule has 5 nitrogen and oxygen atoms in total. The van der Waals surface area contributed by atoms with Crippen LogP contribution in [0.4, 0.5) is 10.1 Å². The monoisotopic (exact) mass is 456 g/mol. The Hall–Kier alpha value is -1.64. The van der Waals surface area contributed by atoms with Crippen molar-refractivity contribution in [2.24, 2.45) is 0 Å². The van der Waals surface area contributed by atoms with Crippen molar-refractivity contribution in [3.8, 4) is 5.75 Å². The molecular weight excluding hydrogens is 435 g/mol. The van der Waals surface area contributed by atoms with Gasteiger partial charge in [0.2, 0.25) is 0 Å². The van der Waals surface area contributed by atoms with Gasteiger partial charge in [-0.25, -0.2) is 12.8 Å². The lowest BCUT2D eigenvalue weighted by Crippen LogP contribution is -2.34. The second kappa shape index (κ2) is 7.77. The molecule has 2 aromatic rings. The van der Waals surface area contributed by atoms with Crippen molar-refractivity contribution in [2.75, 3.05) is 25.9 Å². The zero-order valence-electron chi connectivity index (χ0n) is 15.4. The lowest BCUT2D eigenvalue weighted by molar-refractivity contribution is 0.265. The van der Waals surface area contributed by atoms with Gasteiger partial charge in [-0.1, -0.05) is 15.9 Å². The number of hydrogen-bond donors (Lipinski definition) is 1. The summed E-state index contributed by atoms with van der Waals surface area (Å²) < 4.78 is 48.2. The molecule has 0 heterocycles. The smallest absolute Gasteiger partial charge is 0.264 e. The van der Waals surface area contributed by atoms with Gasteiger partial charge in [0.15, 0.2) is 0 Å². The molecule has 0 amide bonds. The Bertz CT molecular complexity index is 964. The summed E-state index contributed by atoms with van der Waals surface area (Å²) in [5, 5.41) is 0. The number of halogens is 2. The van der Waals surface area contributed by atoms with Crippen molar-refractivity contribution in [3.63, 3.8) is 0 Å². The van der Waals surface area contributed by atoms with Crippen molar-refractivity contribution >= 4 is 31.6 Å². The molecule has 1 aliphatic carbocycles. The van der Waals surface area contributed by atoms with Gasteiger partial charge in [0, 0.05) is 16.1 Å². The van der Waals surface area contributed by atoms with Crippen LogP contribution in [0.2, 0.25) is 0 Å². The molecule has 3 rings (SSSR count). The van der Waals surface area contributed by atoms with E-state index in [1.54, 1.807) is 19.2 Å². The third kappa shape index (κ3) is 4.12. The Morgan fingerprint density at radius 1 is 1.22 bits per heavy atom. The number of hydrogen-bond acceptors (Lipinski definition) is 4. The van der Waals surface area contributed by atoms with Crippen LogP contribution >= 0.6 is 15.9 Å². The van der Waals surface area contributed by atoms with Crippen LogP contribution in [0.15, 0.2) is 39.7 Å². The van der Waals surface area contributed by atoms with Crippen LogP contribution in [0.25, 0.3) is 0 Å². The highest BCUT2D eigenvalue weighted by Crippen LogP contribution is 2.37. The Kier molecular flexibility index (Phi) is 5.79. The molecule has 1 aliphatic rings. The molecule has 27 heavy (non-hydrogen) atoms. The molecule has 146 valence electrons. The zero-order chi connectivity index (χ0) is 19.8. The molecule has 1 N–H and O–H groups in total. The first-order valence-corrected chi connectivity index (χ1v) is 10.8. The van der Waals surface area contributed by atoms with Crippen molar-refractivity contribution in [3.05, 3.63) is 51.7 Å². The van der Waals surface area contributed by atoms with Gasteiger partial charge in [0.25, 0.3) is 10.0 Å². The van der Waals surface area contributed by atoms with Crippen LogP contribution in [0.3, 0.4) is 0 Å². The fourth-order valence-corrected chi connectivity index (χ4v) is 4.94. The Morgan fingerprint density at radius 3 is 2.59 bits per heavy atom. The van der Waals surface area contributed by atoms with Crippen LogP contribution in [-0.4, -0.2) is 40.6 Å². The van der Waals surface area contributed by atoms with E-state index in [0.29, 0.717) is 16.2 Å². The van der Waals surface area contributed by atoms with E-state index in [1.165, 1.54) is 12.1 Å². The number of rotatable bonds is 5. The molecule has 1 atom stereocenters. The maximum Gasteiger partial charge on any atom is 0.264 e. The topological polar surface area (TPSA) is 58.6 Å². The van der Waals surface area contributed by atoms with Crippen LogP contribution in [0, 0.1) is 5.82 Å². The number of benzene rings is 2. The quantitative estimate of drug-likeness (QED) is 0.742. The number of anilines is 1. The Balaban J connectivity index is 2.00. The normalized spacial score (nSPS) is 16.9. The molecule has 0 saturated carbocycles. The van der Waals surface area contributed by atoms with E-state index in [2.05, 4.69) is 25.6 Å². The highest BCUT2D eigenvalue weighted by Gasteiger charge is 2.27. The first kappa shape index (κ1) is 20.1. The van der Waals surface area contributed by atoms with Gasteiger partial charge in [0.1, 0.15) is 16.5 Å². The van der Waals surface area contributed by atoms with E-state index in [0.717, 1.165) is 42.2 Å². The van der Waals surface area contributed by atoms with Crippen LogP contribution in [0.5, 0.6) is 5.75 Å². The molecule has 0 aromatic heterocycles. The summed E-state index contributed by atoms with van der Waals surface area (Å²) in [6, 6.07) is 7.69. The number of fused-ring (bicyclic) bond motifs is 1. The molecule has 8 heteroatoms. The second-order valence-electron chi connectivity index (χ2n) is 6.81. The fraction of sp³-hybridized carbons (Fsp3) is 0.368. The molecular formula is C19H22BrFN2O3S. The summed E-state index contributed by atoms with van der Waals surface area (Å²) >= 11 is 3.14. The number of nitrogens with zero attached hydrogens (tertiary/aromatic N) is 1. The SMILES string of the molecule is COc1ccc(NS(=O)(=O)c2ccc(Br)cc2F)c2c1C[C@@H](N(C)C)CC2. The van der Waals surface area contributed by atoms with E-state index < -0.39 is 15.8 Å². The van der Waals surface area contributed by atoms with Crippen molar-refractivity contribution in [2.45, 2.75) is 30.2 Å². The molecule has 0 bridgehead atoms. The first-order valence-electron chi connectivity index (χ1n) is 8.56. The number of likely N-dealkylation sites (N-methyl/N-ethyl adjacent to an activating group) is 1. The predicted molar refractivity (Wildman–Crippen MR) is 107 cm³/mol. The molecule has 0 aliphatic heterocycles. The third-order valence-corrected chi connectivity index (χ3v) is 6.83. The average molecular weight is 457 g/mol. The van der Waals surface area contributed by atoms with E-state index in [-0.39, 0.29) is 4.90 Å². The number of sulfonamides is 1. The van der Waals surface area contributed by atoms with Crippen LogP contribution in [-0.2, 0) is 22.9 Å². The van der Waals surface area contributed by atoms with E-state index in [1.807, 2.05) is 14.1 Å². The second-order valence-corrected chi connectivity index (χ2v) is 9.38. The van der Waals surface area contributed by atoms with Crippen molar-refractivity contribution in [1.82, 2.24) is 4.90 Å². The van der Waals surface area contributed by atoms with E-state index in [9.17, 15) is 12.8 Å². The molecule has 0 radical (unpaired) electrons. The van der Waals surface area contributed by atoms with Gasteiger partial charge in [-0.15, -0.1) is 0 Å². The highest BCUT2D eigenvalue weighted by molar-refractivity contribution is 9.10. The lowest BCUT2D eigenvalue weighted by Gasteiger charge is -2.32. The van der Waals surface area contributed by atoms with Crippen molar-refractivity contribution < 1.29 is 17.5 Å². The minimum Gasteiger partial charge on any atom is -0.496 e. The van der Waals surface area contributed by atoms with Gasteiger partial charge < -0.3 is 9.64 Å². The maximum absolute atomic E-state index is 14.2. The number of ether oxygens (including phenoxy) is 1. The zero-order valence-corrected chi connectivity index (χ0v) is 17.8. The van der Waals surface area contributed by atoms with Gasteiger partial charge in [-0.2, -0.15) is 0 Å². The van der Waals surface area contributed by atoms with Gasteiger partial charge >= 0.3 is 0 Å². The van der Waals surface area contributed by atoms with Crippen LogP contribution in [0.1, 0.15) is 17.5 Å². The number of nitrogens with one attached hydrogen (secondary N) is 1. The highest BCUT2D eigenvalue weighted by atomic mass is 79.9. The molecule has 0 unspecified atom stereocenters. The Morgan fingerprint density at radius 2 is 1.96 bits per heavy atom. The summed E-state index contributed by atoms with van der Waals surface area (Å²) in [4.78, 5) is 1.79. The largest absolute Gasteiger partial charge is 0.496 e. The summed E-state index contributed by atoms with van der Waals surface area (Å²) in [7, 11) is 1.63. The molecule has 0 fully saturated rings. The molecule has 2 aromatic carbocycles. The van der Waals surface area contributed by atoms with E-state index >= 15 is 0 Å². The first-order chi connectivity index (χ1) is 12.7. The molecule has 0 spiro atoms. The average Bonchev–Trinajstić information content (AvgIpc) is 2.60. The van der Waals surface area contributed by atoms with Gasteiger partial charge in [-0.3, -0.25) is 4.72 Å².